The quantitative estimate of drug-likeness (QED) is 0.882. The molecule has 1 N–H and O–H groups in total. The highest BCUT2D eigenvalue weighted by Gasteiger charge is 2.30. The van der Waals surface area contributed by atoms with Gasteiger partial charge in [0, 0.05) is 11.1 Å². The summed E-state index contributed by atoms with van der Waals surface area (Å²) in [4.78, 5) is 5.55. The zero-order chi connectivity index (χ0) is 11.8. The monoisotopic (exact) mass is 245 g/mol. The highest BCUT2D eigenvalue weighted by atomic mass is 32.1. The molecule has 88 valence electrons. The largest absolute Gasteiger partial charge is 0.388 e. The smallest absolute Gasteiger partial charge is 0.0896 e. The molecule has 3 rings (SSSR count). The molecule has 0 amide bonds. The van der Waals surface area contributed by atoms with Gasteiger partial charge in [-0.1, -0.05) is 24.3 Å². The van der Waals surface area contributed by atoms with E-state index in [0.29, 0.717) is 5.92 Å². The second-order valence-electron chi connectivity index (χ2n) is 4.66. The van der Waals surface area contributed by atoms with Gasteiger partial charge in [0.15, 0.2) is 0 Å². The van der Waals surface area contributed by atoms with Crippen molar-refractivity contribution in [1.29, 1.82) is 0 Å². The van der Waals surface area contributed by atoms with Gasteiger partial charge < -0.3 is 5.11 Å². The van der Waals surface area contributed by atoms with Crippen LogP contribution in [0.15, 0.2) is 30.5 Å². The van der Waals surface area contributed by atoms with Crippen molar-refractivity contribution in [3.63, 3.8) is 0 Å². The standard InChI is InChI=1S/C14H15NOS/c1-9-15-8-12(17-9)7-11-6-10-4-2-3-5-13(10)14(11)16/h2-5,8,11,14,16H,6-7H2,1H3. The van der Waals surface area contributed by atoms with Crippen LogP contribution in [0.25, 0.3) is 0 Å². The van der Waals surface area contributed by atoms with Crippen LogP contribution in [0.1, 0.15) is 27.1 Å². The van der Waals surface area contributed by atoms with E-state index in [1.165, 1.54) is 10.4 Å². The highest BCUT2D eigenvalue weighted by Crippen LogP contribution is 2.38. The molecule has 0 fully saturated rings. The van der Waals surface area contributed by atoms with Crippen molar-refractivity contribution < 1.29 is 5.11 Å². The topological polar surface area (TPSA) is 33.1 Å². The number of hydrogen-bond acceptors (Lipinski definition) is 3. The molecule has 1 aliphatic carbocycles. The van der Waals surface area contributed by atoms with Gasteiger partial charge in [0.1, 0.15) is 0 Å². The molecule has 0 saturated heterocycles. The summed E-state index contributed by atoms with van der Waals surface area (Å²) in [6, 6.07) is 8.21. The molecule has 1 aliphatic rings. The maximum absolute atomic E-state index is 10.3. The predicted octanol–water partition coefficient (Wildman–Crippen LogP) is 2.90. The molecule has 0 aliphatic heterocycles. The number of fused-ring (bicyclic) bond motifs is 1. The van der Waals surface area contributed by atoms with Crippen LogP contribution in [0.5, 0.6) is 0 Å². The molecular formula is C14H15NOS. The first kappa shape index (κ1) is 10.9. The van der Waals surface area contributed by atoms with Crippen LogP contribution in [-0.4, -0.2) is 10.1 Å². The van der Waals surface area contributed by atoms with E-state index < -0.39 is 0 Å². The molecule has 0 spiro atoms. The van der Waals surface area contributed by atoms with E-state index in [4.69, 9.17) is 0 Å². The third kappa shape index (κ3) is 2.01. The molecule has 1 aromatic carbocycles. The van der Waals surface area contributed by atoms with Crippen LogP contribution < -0.4 is 0 Å². The Labute approximate surface area is 105 Å². The lowest BCUT2D eigenvalue weighted by Crippen LogP contribution is -2.09. The van der Waals surface area contributed by atoms with Crippen molar-refractivity contribution >= 4 is 11.3 Å². The van der Waals surface area contributed by atoms with Crippen molar-refractivity contribution in [3.8, 4) is 0 Å². The third-order valence-electron chi connectivity index (χ3n) is 3.43. The van der Waals surface area contributed by atoms with E-state index >= 15 is 0 Å². The highest BCUT2D eigenvalue weighted by molar-refractivity contribution is 7.11. The third-order valence-corrected chi connectivity index (χ3v) is 4.37. The van der Waals surface area contributed by atoms with E-state index in [1.807, 2.05) is 31.3 Å². The Morgan fingerprint density at radius 1 is 1.41 bits per heavy atom. The van der Waals surface area contributed by atoms with Crippen LogP contribution in [0, 0.1) is 12.8 Å². The first-order valence-electron chi connectivity index (χ1n) is 5.91. The van der Waals surface area contributed by atoms with Gasteiger partial charge in [0.05, 0.1) is 11.1 Å². The molecule has 2 aromatic rings. The Morgan fingerprint density at radius 2 is 2.24 bits per heavy atom. The number of nitrogens with zero attached hydrogens (tertiary/aromatic N) is 1. The average Bonchev–Trinajstić information content (AvgIpc) is 2.86. The fourth-order valence-corrected chi connectivity index (χ4v) is 3.49. The van der Waals surface area contributed by atoms with Gasteiger partial charge in [-0.05, 0) is 36.8 Å². The molecule has 2 atom stereocenters. The molecule has 3 heteroatoms. The van der Waals surface area contributed by atoms with Gasteiger partial charge in [-0.15, -0.1) is 11.3 Å². The number of aliphatic hydroxyl groups is 1. The summed E-state index contributed by atoms with van der Waals surface area (Å²) in [5.74, 6) is 0.312. The Kier molecular flexibility index (Phi) is 2.73. The zero-order valence-corrected chi connectivity index (χ0v) is 10.6. The van der Waals surface area contributed by atoms with E-state index in [1.54, 1.807) is 11.3 Å². The predicted molar refractivity (Wildman–Crippen MR) is 69.2 cm³/mol. The summed E-state index contributed by atoms with van der Waals surface area (Å²) in [5.41, 5.74) is 2.41. The van der Waals surface area contributed by atoms with Crippen LogP contribution in [0.3, 0.4) is 0 Å². The maximum Gasteiger partial charge on any atom is 0.0896 e. The van der Waals surface area contributed by atoms with Crippen molar-refractivity contribution in [2.24, 2.45) is 5.92 Å². The summed E-state index contributed by atoms with van der Waals surface area (Å²) in [5, 5.41) is 11.4. The van der Waals surface area contributed by atoms with E-state index in [2.05, 4.69) is 11.1 Å². The van der Waals surface area contributed by atoms with Crippen LogP contribution >= 0.6 is 11.3 Å². The van der Waals surface area contributed by atoms with Gasteiger partial charge in [0.25, 0.3) is 0 Å². The van der Waals surface area contributed by atoms with Gasteiger partial charge in [-0.25, -0.2) is 4.98 Å². The molecule has 2 unspecified atom stereocenters. The molecule has 0 radical (unpaired) electrons. The Hall–Kier alpha value is -1.19. The number of aromatic nitrogens is 1. The minimum Gasteiger partial charge on any atom is -0.388 e. The number of aliphatic hydroxyl groups excluding tert-OH is 1. The first-order valence-corrected chi connectivity index (χ1v) is 6.73. The van der Waals surface area contributed by atoms with Crippen LogP contribution in [0.4, 0.5) is 0 Å². The molecule has 0 bridgehead atoms. The van der Waals surface area contributed by atoms with Crippen molar-refractivity contribution in [2.75, 3.05) is 0 Å². The summed E-state index contributed by atoms with van der Waals surface area (Å²) in [6.45, 7) is 2.02. The van der Waals surface area contributed by atoms with Crippen molar-refractivity contribution in [1.82, 2.24) is 4.98 Å². The van der Waals surface area contributed by atoms with Gasteiger partial charge in [-0.3, -0.25) is 0 Å². The first-order chi connectivity index (χ1) is 8.24. The molecule has 17 heavy (non-hydrogen) atoms. The zero-order valence-electron chi connectivity index (χ0n) is 9.76. The SMILES string of the molecule is Cc1ncc(CC2Cc3ccccc3C2O)s1. The van der Waals surface area contributed by atoms with E-state index in [0.717, 1.165) is 23.4 Å². The Balaban J connectivity index is 1.80. The number of benzene rings is 1. The Morgan fingerprint density at radius 3 is 2.94 bits per heavy atom. The minimum atomic E-state index is -0.311. The fraction of sp³-hybridized carbons (Fsp3) is 0.357. The molecular weight excluding hydrogens is 230 g/mol. The van der Waals surface area contributed by atoms with Crippen LogP contribution in [-0.2, 0) is 12.8 Å². The molecule has 2 nitrogen and oxygen atoms in total. The number of rotatable bonds is 2. The van der Waals surface area contributed by atoms with Crippen molar-refractivity contribution in [2.45, 2.75) is 25.9 Å². The molecule has 1 heterocycles. The Bertz CT molecular complexity index is 535. The summed E-state index contributed by atoms with van der Waals surface area (Å²) in [7, 11) is 0. The fourth-order valence-electron chi connectivity index (χ4n) is 2.60. The minimum absolute atomic E-state index is 0.311. The normalized spacial score (nSPS) is 22.7. The maximum atomic E-state index is 10.3. The van der Waals surface area contributed by atoms with Gasteiger partial charge in [0.2, 0.25) is 0 Å². The number of thiazole rings is 1. The second kappa shape index (κ2) is 4.24. The van der Waals surface area contributed by atoms with E-state index in [-0.39, 0.29) is 6.10 Å². The molecule has 1 aromatic heterocycles. The van der Waals surface area contributed by atoms with Gasteiger partial charge >= 0.3 is 0 Å². The lowest BCUT2D eigenvalue weighted by Gasteiger charge is -2.13. The number of hydrogen-bond donors (Lipinski definition) is 1. The second-order valence-corrected chi connectivity index (χ2v) is 5.98. The average molecular weight is 245 g/mol. The van der Waals surface area contributed by atoms with Crippen molar-refractivity contribution in [3.05, 3.63) is 51.5 Å². The summed E-state index contributed by atoms with van der Waals surface area (Å²) in [6.07, 6.45) is 3.54. The lowest BCUT2D eigenvalue weighted by atomic mass is 9.99. The summed E-state index contributed by atoms with van der Waals surface area (Å²) < 4.78 is 0. The van der Waals surface area contributed by atoms with Gasteiger partial charge in [-0.2, -0.15) is 0 Å². The van der Waals surface area contributed by atoms with E-state index in [9.17, 15) is 5.11 Å². The molecule has 0 saturated carbocycles. The number of aryl methyl sites for hydroxylation is 1. The van der Waals surface area contributed by atoms with Crippen LogP contribution in [0.2, 0.25) is 0 Å². The lowest BCUT2D eigenvalue weighted by molar-refractivity contribution is 0.123. The summed E-state index contributed by atoms with van der Waals surface area (Å²) >= 11 is 1.73.